The number of carbonyl (C=O) groups excluding carboxylic acids is 1. The molecule has 134 valence electrons. The maximum absolute atomic E-state index is 12.7. The van der Waals surface area contributed by atoms with Crippen molar-refractivity contribution in [2.45, 2.75) is 32.6 Å². The van der Waals surface area contributed by atoms with Crippen molar-refractivity contribution in [1.82, 2.24) is 0 Å². The molecule has 2 aromatic rings. The normalized spacial score (nSPS) is 11.2. The molecule has 0 atom stereocenters. The molecule has 0 aliphatic rings. The van der Waals surface area contributed by atoms with Crippen molar-refractivity contribution in [3.8, 4) is 0 Å². The van der Waals surface area contributed by atoms with Gasteiger partial charge in [-0.25, -0.2) is 13.2 Å². The van der Waals surface area contributed by atoms with Crippen molar-refractivity contribution in [1.29, 1.82) is 0 Å². The van der Waals surface area contributed by atoms with E-state index in [-0.39, 0.29) is 27.8 Å². The van der Waals surface area contributed by atoms with E-state index in [0.717, 1.165) is 5.56 Å². The van der Waals surface area contributed by atoms with Gasteiger partial charge in [-0.1, -0.05) is 29.3 Å². The number of ether oxygens (including phenoxy) is 1. The van der Waals surface area contributed by atoms with Crippen LogP contribution in [0.5, 0.6) is 0 Å². The van der Waals surface area contributed by atoms with E-state index in [4.69, 9.17) is 16.3 Å². The number of esters is 1. The van der Waals surface area contributed by atoms with Gasteiger partial charge in [0.05, 0.1) is 27.8 Å². The van der Waals surface area contributed by atoms with E-state index in [0.29, 0.717) is 11.1 Å². The molecular weight excluding hydrogens is 362 g/mol. The first-order chi connectivity index (χ1) is 11.7. The fourth-order valence-corrected chi connectivity index (χ4v) is 4.51. The van der Waals surface area contributed by atoms with Crippen molar-refractivity contribution >= 4 is 33.3 Å². The number of rotatable bonds is 5. The molecule has 7 heteroatoms. The summed E-state index contributed by atoms with van der Waals surface area (Å²) < 4.78 is 32.9. The predicted molar refractivity (Wildman–Crippen MR) is 98.9 cm³/mol. The Morgan fingerprint density at radius 2 is 1.72 bits per heavy atom. The van der Waals surface area contributed by atoms with Crippen LogP contribution in [0.3, 0.4) is 0 Å². The van der Waals surface area contributed by atoms with E-state index in [2.05, 4.69) is 4.72 Å². The summed E-state index contributed by atoms with van der Waals surface area (Å²) in [5.41, 5.74) is 2.79. The minimum atomic E-state index is -3.78. The molecule has 5 nitrogen and oxygen atoms in total. The van der Waals surface area contributed by atoms with E-state index in [1.807, 2.05) is 19.1 Å². The Hall–Kier alpha value is -2.05. The Labute approximate surface area is 153 Å². The molecule has 25 heavy (non-hydrogen) atoms. The van der Waals surface area contributed by atoms with Gasteiger partial charge in [0, 0.05) is 0 Å². The summed E-state index contributed by atoms with van der Waals surface area (Å²) in [7, 11) is -3.78. The van der Waals surface area contributed by atoms with Gasteiger partial charge in [-0.2, -0.15) is 0 Å². The van der Waals surface area contributed by atoms with Gasteiger partial charge in [0.25, 0.3) is 10.0 Å². The van der Waals surface area contributed by atoms with Crippen LogP contribution in [0, 0.1) is 20.8 Å². The van der Waals surface area contributed by atoms with E-state index in [1.54, 1.807) is 20.8 Å². The number of nitrogens with one attached hydrogen (secondary N) is 1. The summed E-state index contributed by atoms with van der Waals surface area (Å²) in [4.78, 5) is 12.0. The topological polar surface area (TPSA) is 72.5 Å². The monoisotopic (exact) mass is 381 g/mol. The number of halogens is 1. The van der Waals surface area contributed by atoms with Crippen molar-refractivity contribution in [2.24, 2.45) is 0 Å². The van der Waals surface area contributed by atoms with Gasteiger partial charge < -0.3 is 4.74 Å². The molecule has 0 saturated carbocycles. The molecule has 0 heterocycles. The maximum Gasteiger partial charge on any atom is 0.339 e. The molecule has 0 aromatic heterocycles. The van der Waals surface area contributed by atoms with Gasteiger partial charge in [-0.15, -0.1) is 0 Å². The Morgan fingerprint density at radius 1 is 1.12 bits per heavy atom. The number of benzene rings is 2. The van der Waals surface area contributed by atoms with Gasteiger partial charge >= 0.3 is 5.97 Å². The fraction of sp³-hybridized carbons (Fsp3) is 0.278. The lowest BCUT2D eigenvalue weighted by atomic mass is 10.1. The van der Waals surface area contributed by atoms with E-state index >= 15 is 0 Å². The summed E-state index contributed by atoms with van der Waals surface area (Å²) in [6.45, 7) is 7.35. The molecular formula is C18H20ClNO4S. The third kappa shape index (κ3) is 4.32. The summed E-state index contributed by atoms with van der Waals surface area (Å²) in [6, 6.07) is 7.95. The lowest BCUT2D eigenvalue weighted by Crippen LogP contribution is -2.16. The van der Waals surface area contributed by atoms with Gasteiger partial charge in [0.1, 0.15) is 0 Å². The zero-order valence-corrected chi connectivity index (χ0v) is 16.1. The number of hydrogen-bond donors (Lipinski definition) is 1. The molecule has 0 saturated heterocycles. The average Bonchev–Trinajstić information content (AvgIpc) is 2.45. The predicted octanol–water partition coefficient (Wildman–Crippen LogP) is 4.24. The molecule has 0 aliphatic heterocycles. The summed E-state index contributed by atoms with van der Waals surface area (Å²) >= 11 is 6.08. The largest absolute Gasteiger partial charge is 0.462 e. The van der Waals surface area contributed by atoms with Crippen LogP contribution < -0.4 is 4.72 Å². The summed E-state index contributed by atoms with van der Waals surface area (Å²) in [5, 5.41) is 0.121. The number of sulfonamides is 1. The third-order valence-corrected chi connectivity index (χ3v) is 5.59. The van der Waals surface area contributed by atoms with Gasteiger partial charge in [0.2, 0.25) is 0 Å². The van der Waals surface area contributed by atoms with Gasteiger partial charge in [-0.05, 0) is 57.0 Å². The lowest BCUT2D eigenvalue weighted by molar-refractivity contribution is 0.0526. The van der Waals surface area contributed by atoms with E-state index in [1.165, 1.54) is 18.2 Å². The third-order valence-electron chi connectivity index (χ3n) is 3.59. The Morgan fingerprint density at radius 3 is 2.24 bits per heavy atom. The molecule has 0 fully saturated rings. The van der Waals surface area contributed by atoms with Crippen LogP contribution in [0.15, 0.2) is 35.2 Å². The standard InChI is InChI=1S/C18H20ClNO4S/c1-5-24-18(21)15-7-6-14(10-16(15)19)20-25(22,23)17-12(3)8-11(2)9-13(17)4/h6-10,20H,5H2,1-4H3. The molecule has 0 bridgehead atoms. The highest BCUT2D eigenvalue weighted by atomic mass is 35.5. The quantitative estimate of drug-likeness (QED) is 0.786. The summed E-state index contributed by atoms with van der Waals surface area (Å²) in [5.74, 6) is -0.549. The second kappa shape index (κ2) is 7.45. The van der Waals surface area contributed by atoms with Crippen molar-refractivity contribution in [3.63, 3.8) is 0 Å². The fourth-order valence-electron chi connectivity index (χ4n) is 2.75. The molecule has 0 radical (unpaired) electrons. The van der Waals surface area contributed by atoms with Crippen LogP contribution in [0.1, 0.15) is 34.0 Å². The number of aryl methyl sites for hydroxylation is 3. The first-order valence-corrected chi connectivity index (χ1v) is 9.59. The smallest absolute Gasteiger partial charge is 0.339 e. The van der Waals surface area contributed by atoms with Crippen LogP contribution >= 0.6 is 11.6 Å². The van der Waals surface area contributed by atoms with Crippen LogP contribution in [0.25, 0.3) is 0 Å². The van der Waals surface area contributed by atoms with Crippen LogP contribution in [-0.2, 0) is 14.8 Å². The first kappa shape index (κ1) is 19.3. The molecule has 2 rings (SSSR count). The second-order valence-electron chi connectivity index (χ2n) is 5.75. The second-order valence-corrected chi connectivity index (χ2v) is 7.77. The average molecular weight is 382 g/mol. The van der Waals surface area contributed by atoms with Crippen LogP contribution in [0.4, 0.5) is 5.69 Å². The maximum atomic E-state index is 12.7. The summed E-state index contributed by atoms with van der Waals surface area (Å²) in [6.07, 6.45) is 0. The van der Waals surface area contributed by atoms with E-state index < -0.39 is 16.0 Å². The molecule has 0 amide bonds. The van der Waals surface area contributed by atoms with Gasteiger partial charge in [-0.3, -0.25) is 4.72 Å². The first-order valence-electron chi connectivity index (χ1n) is 7.73. The highest BCUT2D eigenvalue weighted by Crippen LogP contribution is 2.27. The van der Waals surface area contributed by atoms with Crippen LogP contribution in [0.2, 0.25) is 5.02 Å². The number of carbonyl (C=O) groups is 1. The minimum Gasteiger partial charge on any atom is -0.462 e. The lowest BCUT2D eigenvalue weighted by Gasteiger charge is -2.14. The van der Waals surface area contributed by atoms with Crippen molar-refractivity contribution < 1.29 is 17.9 Å². The van der Waals surface area contributed by atoms with Gasteiger partial charge in [0.15, 0.2) is 0 Å². The Balaban J connectivity index is 2.36. The Kier molecular flexibility index (Phi) is 5.75. The zero-order valence-electron chi connectivity index (χ0n) is 14.5. The molecule has 0 aliphatic carbocycles. The molecule has 2 aromatic carbocycles. The molecule has 1 N–H and O–H groups in total. The molecule has 0 unspecified atom stereocenters. The Bertz CT molecular complexity index is 900. The minimum absolute atomic E-state index is 0.121. The highest BCUT2D eigenvalue weighted by molar-refractivity contribution is 7.92. The van der Waals surface area contributed by atoms with Crippen molar-refractivity contribution in [3.05, 3.63) is 57.6 Å². The SMILES string of the molecule is CCOC(=O)c1ccc(NS(=O)(=O)c2c(C)cc(C)cc2C)cc1Cl. The zero-order chi connectivity index (χ0) is 18.8. The van der Waals surface area contributed by atoms with Crippen LogP contribution in [-0.4, -0.2) is 21.0 Å². The van der Waals surface area contributed by atoms with Crippen molar-refractivity contribution in [2.75, 3.05) is 11.3 Å². The molecule has 0 spiro atoms. The number of anilines is 1. The highest BCUT2D eigenvalue weighted by Gasteiger charge is 2.21. The number of hydrogen-bond acceptors (Lipinski definition) is 4. The van der Waals surface area contributed by atoms with E-state index in [9.17, 15) is 13.2 Å².